The van der Waals surface area contributed by atoms with E-state index in [1.807, 2.05) is 26.8 Å². The predicted molar refractivity (Wildman–Crippen MR) is 87.7 cm³/mol. The summed E-state index contributed by atoms with van der Waals surface area (Å²) in [4.78, 5) is 2.36. The number of hydrogen-bond donors (Lipinski definition) is 1. The molecule has 0 heterocycles. The van der Waals surface area contributed by atoms with Crippen molar-refractivity contribution in [2.75, 3.05) is 32.9 Å². The van der Waals surface area contributed by atoms with E-state index in [9.17, 15) is 0 Å². The standard InChI is InChI=1S/C17H30N2O2/c1-5-19(10-11-20-6-2)13-16-12-15(14(4)18)8-9-17(16)21-7-3/h8-9,12,14H,5-7,10-11,13,18H2,1-4H3. The molecule has 1 rings (SSSR count). The van der Waals surface area contributed by atoms with E-state index in [1.54, 1.807) is 0 Å². The molecule has 0 fully saturated rings. The van der Waals surface area contributed by atoms with Gasteiger partial charge in [-0.1, -0.05) is 13.0 Å². The first-order chi connectivity index (χ1) is 10.1. The molecule has 120 valence electrons. The highest BCUT2D eigenvalue weighted by Crippen LogP contribution is 2.24. The largest absolute Gasteiger partial charge is 0.494 e. The molecule has 0 spiro atoms. The van der Waals surface area contributed by atoms with Crippen molar-refractivity contribution in [3.8, 4) is 5.75 Å². The Morgan fingerprint density at radius 2 is 1.95 bits per heavy atom. The van der Waals surface area contributed by atoms with E-state index in [2.05, 4.69) is 24.0 Å². The summed E-state index contributed by atoms with van der Waals surface area (Å²) in [6.07, 6.45) is 0. The molecule has 0 radical (unpaired) electrons. The van der Waals surface area contributed by atoms with Crippen molar-refractivity contribution in [3.05, 3.63) is 29.3 Å². The highest BCUT2D eigenvalue weighted by molar-refractivity contribution is 5.38. The zero-order valence-electron chi connectivity index (χ0n) is 13.9. The van der Waals surface area contributed by atoms with Gasteiger partial charge in [-0.2, -0.15) is 0 Å². The summed E-state index contributed by atoms with van der Waals surface area (Å²) in [5.41, 5.74) is 8.34. The lowest BCUT2D eigenvalue weighted by Gasteiger charge is -2.22. The van der Waals surface area contributed by atoms with Crippen LogP contribution in [0.5, 0.6) is 5.75 Å². The van der Waals surface area contributed by atoms with Crippen LogP contribution >= 0.6 is 0 Å². The summed E-state index contributed by atoms with van der Waals surface area (Å²) in [5.74, 6) is 0.955. The quantitative estimate of drug-likeness (QED) is 0.674. The first-order valence-corrected chi connectivity index (χ1v) is 7.93. The molecule has 0 bridgehead atoms. The van der Waals surface area contributed by atoms with Gasteiger partial charge in [0.15, 0.2) is 0 Å². The third-order valence-electron chi connectivity index (χ3n) is 3.51. The van der Waals surface area contributed by atoms with E-state index in [0.717, 1.165) is 44.2 Å². The minimum Gasteiger partial charge on any atom is -0.494 e. The lowest BCUT2D eigenvalue weighted by atomic mass is 10.0. The summed E-state index contributed by atoms with van der Waals surface area (Å²) < 4.78 is 11.2. The molecule has 0 saturated heterocycles. The molecule has 0 amide bonds. The lowest BCUT2D eigenvalue weighted by molar-refractivity contribution is 0.112. The topological polar surface area (TPSA) is 47.7 Å². The molecule has 1 aromatic carbocycles. The van der Waals surface area contributed by atoms with Crippen LogP contribution in [0.15, 0.2) is 18.2 Å². The van der Waals surface area contributed by atoms with Crippen LogP contribution in [0.2, 0.25) is 0 Å². The van der Waals surface area contributed by atoms with Crippen molar-refractivity contribution in [2.45, 2.75) is 40.3 Å². The van der Waals surface area contributed by atoms with Gasteiger partial charge >= 0.3 is 0 Å². The van der Waals surface area contributed by atoms with Gasteiger partial charge in [0, 0.05) is 31.3 Å². The number of rotatable bonds is 10. The monoisotopic (exact) mass is 294 g/mol. The second kappa shape index (κ2) is 9.77. The molecule has 2 N–H and O–H groups in total. The highest BCUT2D eigenvalue weighted by atomic mass is 16.5. The van der Waals surface area contributed by atoms with E-state index in [4.69, 9.17) is 15.2 Å². The number of nitrogens with two attached hydrogens (primary N) is 1. The van der Waals surface area contributed by atoms with Crippen LogP contribution < -0.4 is 10.5 Å². The molecule has 0 saturated carbocycles. The van der Waals surface area contributed by atoms with Crippen LogP contribution in [-0.2, 0) is 11.3 Å². The smallest absolute Gasteiger partial charge is 0.123 e. The third-order valence-corrected chi connectivity index (χ3v) is 3.51. The molecule has 21 heavy (non-hydrogen) atoms. The maximum absolute atomic E-state index is 5.99. The van der Waals surface area contributed by atoms with E-state index in [1.165, 1.54) is 5.56 Å². The Bertz CT molecular complexity index is 408. The van der Waals surface area contributed by atoms with Gasteiger partial charge in [0.05, 0.1) is 13.2 Å². The van der Waals surface area contributed by atoms with E-state index >= 15 is 0 Å². The molecule has 0 aliphatic carbocycles. The van der Waals surface area contributed by atoms with E-state index in [-0.39, 0.29) is 6.04 Å². The summed E-state index contributed by atoms with van der Waals surface area (Å²) in [7, 11) is 0. The van der Waals surface area contributed by atoms with Crippen molar-refractivity contribution in [2.24, 2.45) is 5.73 Å². The molecule has 4 heteroatoms. The summed E-state index contributed by atoms with van der Waals surface area (Å²) in [6.45, 7) is 13.2. The fraction of sp³-hybridized carbons (Fsp3) is 0.647. The highest BCUT2D eigenvalue weighted by Gasteiger charge is 2.11. The average Bonchev–Trinajstić information content (AvgIpc) is 2.48. The summed E-state index contributed by atoms with van der Waals surface area (Å²) in [5, 5.41) is 0. The maximum Gasteiger partial charge on any atom is 0.123 e. The molecule has 0 aliphatic rings. The number of benzene rings is 1. The number of ether oxygens (including phenoxy) is 2. The first kappa shape index (κ1) is 18.0. The Balaban J connectivity index is 2.83. The van der Waals surface area contributed by atoms with E-state index in [0.29, 0.717) is 6.61 Å². The minimum atomic E-state index is 0.0397. The van der Waals surface area contributed by atoms with Crippen LogP contribution in [-0.4, -0.2) is 37.8 Å². The maximum atomic E-state index is 5.99. The molecule has 1 unspecified atom stereocenters. The fourth-order valence-corrected chi connectivity index (χ4v) is 2.23. The summed E-state index contributed by atoms with van der Waals surface area (Å²) >= 11 is 0. The zero-order valence-corrected chi connectivity index (χ0v) is 13.9. The molecular weight excluding hydrogens is 264 g/mol. The summed E-state index contributed by atoms with van der Waals surface area (Å²) in [6, 6.07) is 6.29. The molecule has 0 aromatic heterocycles. The average molecular weight is 294 g/mol. The SMILES string of the molecule is CCOCCN(CC)Cc1cc(C(C)N)ccc1OCC. The van der Waals surface area contributed by atoms with Crippen LogP contribution in [0.4, 0.5) is 0 Å². The fourth-order valence-electron chi connectivity index (χ4n) is 2.23. The number of nitrogens with zero attached hydrogens (tertiary/aromatic N) is 1. The zero-order chi connectivity index (χ0) is 15.7. The van der Waals surface area contributed by atoms with Gasteiger partial charge in [-0.3, -0.25) is 4.90 Å². The van der Waals surface area contributed by atoms with E-state index < -0.39 is 0 Å². The van der Waals surface area contributed by atoms with Gasteiger partial charge in [-0.25, -0.2) is 0 Å². The van der Waals surface area contributed by atoms with Gasteiger partial charge in [0.1, 0.15) is 5.75 Å². The van der Waals surface area contributed by atoms with Gasteiger partial charge in [-0.15, -0.1) is 0 Å². The molecule has 1 aromatic rings. The Morgan fingerprint density at radius 3 is 2.52 bits per heavy atom. The van der Waals surface area contributed by atoms with Gasteiger partial charge in [0.25, 0.3) is 0 Å². The Morgan fingerprint density at radius 1 is 1.19 bits per heavy atom. The van der Waals surface area contributed by atoms with Gasteiger partial charge < -0.3 is 15.2 Å². The van der Waals surface area contributed by atoms with Crippen molar-refractivity contribution >= 4 is 0 Å². The Labute approximate surface area is 129 Å². The molecule has 4 nitrogen and oxygen atoms in total. The minimum absolute atomic E-state index is 0.0397. The van der Waals surface area contributed by atoms with Crippen molar-refractivity contribution in [1.82, 2.24) is 4.90 Å². The lowest BCUT2D eigenvalue weighted by Crippen LogP contribution is -2.27. The third kappa shape index (κ3) is 6.04. The predicted octanol–water partition coefficient (Wildman–Crippen LogP) is 2.96. The number of hydrogen-bond acceptors (Lipinski definition) is 4. The van der Waals surface area contributed by atoms with Gasteiger partial charge in [0.2, 0.25) is 0 Å². The second-order valence-corrected chi connectivity index (χ2v) is 5.15. The molecule has 1 atom stereocenters. The van der Waals surface area contributed by atoms with Crippen LogP contribution in [0.1, 0.15) is 44.9 Å². The van der Waals surface area contributed by atoms with Gasteiger partial charge in [-0.05, 0) is 45.0 Å². The first-order valence-electron chi connectivity index (χ1n) is 7.93. The van der Waals surface area contributed by atoms with Crippen molar-refractivity contribution < 1.29 is 9.47 Å². The number of likely N-dealkylation sites (N-methyl/N-ethyl adjacent to an activating group) is 1. The molecular formula is C17H30N2O2. The van der Waals surface area contributed by atoms with Crippen LogP contribution in [0.25, 0.3) is 0 Å². The van der Waals surface area contributed by atoms with Crippen LogP contribution in [0.3, 0.4) is 0 Å². The second-order valence-electron chi connectivity index (χ2n) is 5.15. The van der Waals surface area contributed by atoms with Crippen molar-refractivity contribution in [1.29, 1.82) is 0 Å². The van der Waals surface area contributed by atoms with Crippen molar-refractivity contribution in [3.63, 3.8) is 0 Å². The Kier molecular flexibility index (Phi) is 8.35. The normalized spacial score (nSPS) is 12.7. The Hall–Kier alpha value is -1.10. The molecule has 0 aliphatic heterocycles. The van der Waals surface area contributed by atoms with Crippen LogP contribution in [0, 0.1) is 0 Å².